The van der Waals surface area contributed by atoms with Crippen molar-refractivity contribution < 1.29 is 84.1 Å². The molecule has 0 amide bonds. The van der Waals surface area contributed by atoms with E-state index in [0.717, 1.165) is 17.7 Å². The van der Waals surface area contributed by atoms with Gasteiger partial charge in [-0.25, -0.2) is 0 Å². The number of nitrogens with zero attached hydrogens (tertiary/aromatic N) is 1. The number of amidine groups is 1. The number of benzene rings is 2. The summed E-state index contributed by atoms with van der Waals surface area (Å²) in [5.41, 5.74) is 16.1. The molecule has 8 heteroatoms. The van der Waals surface area contributed by atoms with Crippen molar-refractivity contribution in [3.63, 3.8) is 0 Å². The minimum absolute atomic E-state index is 0. The summed E-state index contributed by atoms with van der Waals surface area (Å²) in [6.45, 7) is 32.4. The maximum absolute atomic E-state index is 7.79. The third-order valence-corrected chi connectivity index (χ3v) is 8.90. The predicted octanol–water partition coefficient (Wildman–Crippen LogP) is 5.81. The summed E-state index contributed by atoms with van der Waals surface area (Å²) in [6, 6.07) is 13.6. The van der Waals surface area contributed by atoms with Gasteiger partial charge in [-0.05, 0) is 71.7 Å². The second-order valence-corrected chi connectivity index (χ2v) is 12.6. The van der Waals surface area contributed by atoms with Crippen molar-refractivity contribution >= 4 is 23.0 Å². The Morgan fingerprint density at radius 1 is 1.17 bits per heavy atom. The van der Waals surface area contributed by atoms with E-state index in [2.05, 4.69) is 111 Å². The van der Waals surface area contributed by atoms with E-state index in [0.29, 0.717) is 47.3 Å². The normalized spacial score (nSPS) is 16.5. The van der Waals surface area contributed by atoms with E-state index >= 15 is 0 Å². The second kappa shape index (κ2) is 21.5. The fourth-order valence-corrected chi connectivity index (χ4v) is 5.68. The van der Waals surface area contributed by atoms with E-state index < -0.39 is 0 Å². The van der Waals surface area contributed by atoms with Gasteiger partial charge in [0, 0.05) is 61.5 Å². The van der Waals surface area contributed by atoms with Crippen LogP contribution < -0.4 is 67.8 Å². The Balaban J connectivity index is 0.00000131. The van der Waals surface area contributed by atoms with Crippen LogP contribution in [0.4, 0.5) is 0 Å². The molecule has 0 aromatic heterocycles. The average Bonchev–Trinajstić information content (AvgIpc) is 3.53. The van der Waals surface area contributed by atoms with Gasteiger partial charge in [0.2, 0.25) is 0 Å². The van der Waals surface area contributed by atoms with Crippen LogP contribution in [-0.4, -0.2) is 23.3 Å². The molecule has 0 saturated heterocycles. The van der Waals surface area contributed by atoms with E-state index in [9.17, 15) is 0 Å². The molecule has 0 bridgehead atoms. The van der Waals surface area contributed by atoms with Gasteiger partial charge in [-0.15, -0.1) is 26.1 Å². The van der Waals surface area contributed by atoms with Crippen molar-refractivity contribution in [3.8, 4) is 0 Å². The van der Waals surface area contributed by atoms with Crippen molar-refractivity contribution in [1.29, 1.82) is 5.41 Å². The van der Waals surface area contributed by atoms with Gasteiger partial charge >= 0.3 is 51.4 Å². The summed E-state index contributed by atoms with van der Waals surface area (Å²) in [5.74, 6) is 1.81. The average molecular weight is 743 g/mol. The van der Waals surface area contributed by atoms with Gasteiger partial charge in [-0.3, -0.25) is 25.0 Å². The molecule has 2 aromatic carbocycles. The van der Waals surface area contributed by atoms with Crippen molar-refractivity contribution in [2.75, 3.05) is 6.54 Å². The van der Waals surface area contributed by atoms with Crippen LogP contribution in [0.5, 0.6) is 0 Å². The first-order valence-corrected chi connectivity index (χ1v) is 15.6. The number of halogens is 1. The quantitative estimate of drug-likeness (QED) is 0.0622. The summed E-state index contributed by atoms with van der Waals surface area (Å²) >= 11 is 6.05. The van der Waals surface area contributed by atoms with Crippen LogP contribution in [0, 0.1) is 49.7 Å². The molecule has 46 heavy (non-hydrogen) atoms. The number of nitrogens with one attached hydrogen (secondary N) is 3. The zero-order valence-corrected chi connectivity index (χ0v) is 36.2. The Bertz CT molecular complexity index is 1370. The van der Waals surface area contributed by atoms with E-state index in [1.165, 1.54) is 39.6 Å². The minimum atomic E-state index is -0.00274. The third kappa shape index (κ3) is 13.1. The van der Waals surface area contributed by atoms with Crippen LogP contribution in [0.3, 0.4) is 0 Å². The molecular weight excluding hydrogens is 690 g/mol. The molecule has 1 aliphatic heterocycles. The van der Waals surface area contributed by atoms with Gasteiger partial charge in [-0.2, -0.15) is 6.92 Å². The van der Waals surface area contributed by atoms with Crippen molar-refractivity contribution in [3.05, 3.63) is 132 Å². The van der Waals surface area contributed by atoms with Gasteiger partial charge in [0.05, 0.1) is 0 Å². The maximum atomic E-state index is 7.79. The van der Waals surface area contributed by atoms with E-state index in [1.54, 1.807) is 17.0 Å². The summed E-state index contributed by atoms with van der Waals surface area (Å²) in [4.78, 5) is 1.78. The van der Waals surface area contributed by atoms with Crippen LogP contribution in [0.2, 0.25) is 5.02 Å². The van der Waals surface area contributed by atoms with Gasteiger partial charge in [-0.1, -0.05) is 87.9 Å². The van der Waals surface area contributed by atoms with Crippen LogP contribution in [0.15, 0.2) is 79.7 Å². The molecule has 3 atom stereocenters. The molecule has 1 heterocycles. The standard InChI is InChI=1S/C27H41ClN5.C9H8.C2H4.K.Y/c1-16(2)19(5)26-20(6)24(21(7)32-26)13-17(3)31-11-12-33(8)18(4)14-22-9-10-23(28)15-25(22)27(29)30;1-6-3-4-8-7(2)9(8)5-6;1-2;;/h9-10,12,15-16,19-20,26,31-32H,4,8,11,13-14H2,1-3,5-7H3,(H3,29,30);3-5H,2H2,1H3;1-2H2;;/q-3;;;+1;. The van der Waals surface area contributed by atoms with Crippen LogP contribution in [-0.2, 0) is 39.1 Å². The van der Waals surface area contributed by atoms with E-state index in [4.69, 9.17) is 22.7 Å². The zero-order valence-electron chi connectivity index (χ0n) is 29.5. The minimum Gasteiger partial charge on any atom is -0.670 e. The smallest absolute Gasteiger partial charge is 0.670 e. The molecule has 0 spiro atoms. The fourth-order valence-electron chi connectivity index (χ4n) is 5.51. The number of hydrogen-bond acceptors (Lipinski definition) is 4. The molecule has 0 fully saturated rings. The van der Waals surface area contributed by atoms with Gasteiger partial charge in [0.15, 0.2) is 0 Å². The van der Waals surface area contributed by atoms with E-state index in [-0.39, 0.29) is 89.9 Å². The number of rotatable bonds is 12. The van der Waals surface area contributed by atoms with Gasteiger partial charge in [0.25, 0.3) is 0 Å². The monoisotopic (exact) mass is 742 g/mol. The molecule has 1 radical (unpaired) electrons. The number of aryl methyl sites for hydroxylation is 1. The van der Waals surface area contributed by atoms with Crippen molar-refractivity contribution in [2.24, 2.45) is 23.5 Å². The summed E-state index contributed by atoms with van der Waals surface area (Å²) in [5, 5.41) is 15.6. The molecule has 0 saturated carbocycles. The fraction of sp³-hybridized carbons (Fsp3) is 0.368. The Morgan fingerprint density at radius 2 is 1.80 bits per heavy atom. The predicted molar refractivity (Wildman–Crippen MR) is 192 cm³/mol. The second-order valence-electron chi connectivity index (χ2n) is 12.2. The van der Waals surface area contributed by atoms with Gasteiger partial charge in [0.1, 0.15) is 5.84 Å². The maximum Gasteiger partial charge on any atom is 1.00 e. The molecule has 2 aromatic rings. The van der Waals surface area contributed by atoms with Crippen LogP contribution >= 0.6 is 11.6 Å². The number of hydrogen-bond donors (Lipinski definition) is 4. The molecule has 1 aliphatic carbocycles. The molecule has 3 unspecified atom stereocenters. The molecule has 5 nitrogen and oxygen atoms in total. The van der Waals surface area contributed by atoms with E-state index in [1.807, 2.05) is 12.6 Å². The Kier molecular flexibility index (Phi) is 21.3. The summed E-state index contributed by atoms with van der Waals surface area (Å²) in [6.07, 6.45) is 1.49. The first-order valence-electron chi connectivity index (χ1n) is 15.3. The topological polar surface area (TPSA) is 77.2 Å². The van der Waals surface area contributed by atoms with Crippen molar-refractivity contribution in [2.45, 2.75) is 67.3 Å². The zero-order chi connectivity index (χ0) is 33.3. The summed E-state index contributed by atoms with van der Waals surface area (Å²) in [7, 11) is 4.09. The number of allylic oxidation sites excluding steroid dienone is 2. The summed E-state index contributed by atoms with van der Waals surface area (Å²) < 4.78 is 0. The van der Waals surface area contributed by atoms with Crippen LogP contribution in [0.1, 0.15) is 75.8 Å². The largest absolute Gasteiger partial charge is 1.00 e. The SMILES string of the molecule is C=C.C=C(Cc1ccc(Cl)cc1C(=N)N)N([CH2-])[CH-]CN[C-](C)CC1=C(C)NC(C(C)C(C)C)C1C.C=C1c2ccc(C)cc21.[K+].[Y]. The molecular formula is C38H53ClKN5Y-2. The third-order valence-electron chi connectivity index (χ3n) is 8.67. The van der Waals surface area contributed by atoms with Crippen LogP contribution in [0.25, 0.3) is 5.57 Å². The number of fused-ring (bicyclic) bond motifs is 1. The van der Waals surface area contributed by atoms with Gasteiger partial charge < -0.3 is 21.3 Å². The Morgan fingerprint density at radius 3 is 2.35 bits per heavy atom. The Labute approximate surface area is 353 Å². The first-order chi connectivity index (χ1) is 20.7. The molecule has 4 rings (SSSR count). The Hall–Kier alpha value is -0.540. The number of nitrogen functional groups attached to an aromatic ring is 1. The molecule has 243 valence electrons. The first kappa shape index (κ1) is 45.5. The number of nitrogens with two attached hydrogens (primary N) is 1. The van der Waals surface area contributed by atoms with Crippen molar-refractivity contribution in [1.82, 2.24) is 15.5 Å². The molecule has 5 N–H and O–H groups in total. The molecule has 2 aliphatic rings.